The monoisotopic (exact) mass is 181 g/mol. The Morgan fingerprint density at radius 3 is 2.50 bits per heavy atom. The third-order valence-electron chi connectivity index (χ3n) is 1.10. The molecule has 10 heavy (non-hydrogen) atoms. The third kappa shape index (κ3) is 4.99. The second-order valence-corrected chi connectivity index (χ2v) is 5.07. The van der Waals surface area contributed by atoms with Crippen molar-refractivity contribution in [2.45, 2.75) is 25.5 Å². The van der Waals surface area contributed by atoms with Gasteiger partial charge in [-0.1, -0.05) is 13.8 Å². The predicted octanol–water partition coefficient (Wildman–Crippen LogP) is 0.962. The molecule has 0 aliphatic carbocycles. The molecule has 0 radical (unpaired) electrons. The van der Waals surface area contributed by atoms with Crippen molar-refractivity contribution in [3.05, 3.63) is 0 Å². The fourth-order valence-electron chi connectivity index (χ4n) is 0.496. The number of rotatable bonds is 5. The van der Waals surface area contributed by atoms with E-state index in [2.05, 4.69) is 0 Å². The average molecular weight is 181 g/mol. The van der Waals surface area contributed by atoms with Gasteiger partial charge in [-0.05, 0) is 0 Å². The maximum Gasteiger partial charge on any atom is 0.458 e. The summed E-state index contributed by atoms with van der Waals surface area (Å²) in [6.45, 7) is 3.86. The topological polar surface area (TPSA) is 34.1 Å². The molecule has 0 bridgehead atoms. The van der Waals surface area contributed by atoms with Gasteiger partial charge in [0.25, 0.3) is 0 Å². The largest absolute Gasteiger partial charge is 0.458 e. The summed E-state index contributed by atoms with van der Waals surface area (Å²) in [5, 5.41) is 0.233. The van der Waals surface area contributed by atoms with Crippen LogP contribution in [-0.4, -0.2) is 21.0 Å². The first kappa shape index (κ1) is 10.2. The summed E-state index contributed by atoms with van der Waals surface area (Å²) in [5.41, 5.74) is 0. The molecule has 4 heteroatoms. The highest BCUT2D eigenvalue weighted by Crippen LogP contribution is 1.95. The Labute approximate surface area is 68.3 Å². The fraction of sp³-hybridized carbons (Fsp3) is 1.00. The molecule has 0 heterocycles. The van der Waals surface area contributed by atoms with Gasteiger partial charge in [-0.3, -0.25) is 4.21 Å². The normalized spacial score (nSPS) is 13.5. The lowest BCUT2D eigenvalue weighted by atomic mass is 10.6. The average Bonchev–Trinajstić information content (AvgIpc) is 1.88. The minimum Gasteiger partial charge on any atom is -0.259 e. The Hall–Kier alpha value is 0.170. The number of hydrogen-bond acceptors (Lipinski definition) is 2. The number of hydrogen-bond donors (Lipinski definition) is 0. The lowest BCUT2D eigenvalue weighted by Gasteiger charge is -2.00. The van der Waals surface area contributed by atoms with Crippen LogP contribution in [0.3, 0.4) is 0 Å². The van der Waals surface area contributed by atoms with E-state index >= 15 is 0 Å². The quantitative estimate of drug-likeness (QED) is 0.468. The Bertz CT molecular complexity index is 123. The summed E-state index contributed by atoms with van der Waals surface area (Å²) in [5.74, 6) is 1.26. The van der Waals surface area contributed by atoms with Crippen molar-refractivity contribution >= 4 is 22.5 Å². The van der Waals surface area contributed by atoms with Crippen molar-refractivity contribution < 1.29 is 8.42 Å². The Morgan fingerprint density at radius 1 is 1.50 bits per heavy atom. The summed E-state index contributed by atoms with van der Waals surface area (Å²) in [6, 6.07) is 0. The van der Waals surface area contributed by atoms with Crippen LogP contribution in [0.15, 0.2) is 0 Å². The van der Waals surface area contributed by atoms with Crippen LogP contribution in [-0.2, 0) is 26.7 Å². The van der Waals surface area contributed by atoms with Crippen molar-refractivity contribution in [2.75, 3.05) is 11.5 Å². The summed E-state index contributed by atoms with van der Waals surface area (Å²) < 4.78 is 20.9. The molecule has 0 N–H and O–H groups in total. The summed E-state index contributed by atoms with van der Waals surface area (Å²) in [6.07, 6.45) is 0.777. The first-order chi connectivity index (χ1) is 4.68. The smallest absolute Gasteiger partial charge is 0.259 e. The van der Waals surface area contributed by atoms with E-state index in [4.69, 9.17) is 0 Å². The van der Waals surface area contributed by atoms with Gasteiger partial charge in [-0.15, -0.1) is 0 Å². The molecule has 0 spiro atoms. The van der Waals surface area contributed by atoms with E-state index in [1.54, 1.807) is 0 Å². The molecule has 0 aliphatic heterocycles. The van der Waals surface area contributed by atoms with Gasteiger partial charge in [0.05, 0.1) is 0 Å². The summed E-state index contributed by atoms with van der Waals surface area (Å²) in [4.78, 5) is 0. The molecular weight excluding hydrogens is 168 g/mol. The highest BCUT2D eigenvalue weighted by molar-refractivity contribution is 7.85. The molecule has 2 nitrogen and oxygen atoms in total. The van der Waals surface area contributed by atoms with Crippen molar-refractivity contribution in [3.8, 4) is 0 Å². The molecule has 0 aliphatic rings. The molecule has 0 amide bonds. The molecule has 1 unspecified atom stereocenters. The standard InChI is InChI=1S/C6H13O2S2/c1-6(2)10(8)5-3-4-9-7/h6H,3-5H2,1-2H3/q+1. The van der Waals surface area contributed by atoms with Gasteiger partial charge in [0.15, 0.2) is 0 Å². The molecule has 0 fully saturated rings. The molecule has 0 saturated carbocycles. The molecule has 0 saturated heterocycles. The molecular formula is C6H13O2S2+. The molecule has 0 aromatic carbocycles. The summed E-state index contributed by atoms with van der Waals surface area (Å²) >= 11 is 0.571. The van der Waals surface area contributed by atoms with Crippen molar-refractivity contribution in [1.29, 1.82) is 0 Å². The van der Waals surface area contributed by atoms with Crippen molar-refractivity contribution in [3.63, 3.8) is 0 Å². The SMILES string of the molecule is CC(C)S(=O)CCC[S+]=O. The Balaban J connectivity index is 3.30. The van der Waals surface area contributed by atoms with Crippen LogP contribution in [0.5, 0.6) is 0 Å². The van der Waals surface area contributed by atoms with Crippen LogP contribution in [0.25, 0.3) is 0 Å². The minimum absolute atomic E-state index is 0.233. The highest BCUT2D eigenvalue weighted by atomic mass is 32.2. The molecule has 0 rings (SSSR count). The van der Waals surface area contributed by atoms with Gasteiger partial charge in [0.2, 0.25) is 5.75 Å². The molecule has 0 aromatic rings. The summed E-state index contributed by atoms with van der Waals surface area (Å²) in [7, 11) is -0.725. The van der Waals surface area contributed by atoms with E-state index in [0.717, 1.165) is 6.42 Å². The van der Waals surface area contributed by atoms with Gasteiger partial charge >= 0.3 is 11.7 Å². The van der Waals surface area contributed by atoms with Gasteiger partial charge in [0, 0.05) is 32.4 Å². The highest BCUT2D eigenvalue weighted by Gasteiger charge is 2.06. The zero-order chi connectivity index (χ0) is 7.98. The van der Waals surface area contributed by atoms with E-state index < -0.39 is 10.8 Å². The Morgan fingerprint density at radius 2 is 2.10 bits per heavy atom. The minimum atomic E-state index is -0.725. The van der Waals surface area contributed by atoms with Crippen molar-refractivity contribution in [1.82, 2.24) is 0 Å². The zero-order valence-corrected chi connectivity index (χ0v) is 7.96. The van der Waals surface area contributed by atoms with Gasteiger partial charge < -0.3 is 0 Å². The maximum absolute atomic E-state index is 11.0. The molecule has 0 aromatic heterocycles. The van der Waals surface area contributed by atoms with Crippen LogP contribution in [0.4, 0.5) is 0 Å². The fourth-order valence-corrected chi connectivity index (χ4v) is 1.84. The first-order valence-electron chi connectivity index (χ1n) is 3.30. The van der Waals surface area contributed by atoms with E-state index in [0.29, 0.717) is 23.2 Å². The van der Waals surface area contributed by atoms with Crippen LogP contribution in [0, 0.1) is 0 Å². The first-order valence-corrected chi connectivity index (χ1v) is 5.59. The van der Waals surface area contributed by atoms with Crippen LogP contribution < -0.4 is 0 Å². The van der Waals surface area contributed by atoms with Crippen LogP contribution in [0.1, 0.15) is 20.3 Å². The van der Waals surface area contributed by atoms with Gasteiger partial charge in [0.1, 0.15) is 0 Å². The van der Waals surface area contributed by atoms with E-state index in [1.165, 1.54) is 0 Å². The lowest BCUT2D eigenvalue weighted by Crippen LogP contribution is -2.10. The predicted molar refractivity (Wildman–Crippen MR) is 45.7 cm³/mol. The van der Waals surface area contributed by atoms with E-state index in [9.17, 15) is 8.42 Å². The molecule has 1 atom stereocenters. The lowest BCUT2D eigenvalue weighted by molar-refractivity contribution is 0.604. The van der Waals surface area contributed by atoms with E-state index in [1.807, 2.05) is 13.8 Å². The van der Waals surface area contributed by atoms with Gasteiger partial charge in [-0.25, -0.2) is 0 Å². The Kier molecular flexibility index (Phi) is 6.02. The van der Waals surface area contributed by atoms with Crippen molar-refractivity contribution in [2.24, 2.45) is 0 Å². The van der Waals surface area contributed by atoms with Gasteiger partial charge in [-0.2, -0.15) is 0 Å². The van der Waals surface area contributed by atoms with E-state index in [-0.39, 0.29) is 5.25 Å². The third-order valence-corrected chi connectivity index (χ3v) is 3.30. The van der Waals surface area contributed by atoms with Crippen LogP contribution in [0.2, 0.25) is 0 Å². The second-order valence-electron chi connectivity index (χ2n) is 2.31. The zero-order valence-electron chi connectivity index (χ0n) is 6.33. The molecule has 60 valence electrons. The second kappa shape index (κ2) is 5.92. The van der Waals surface area contributed by atoms with Crippen LogP contribution >= 0.6 is 0 Å². The maximum atomic E-state index is 11.0.